The molecule has 0 aliphatic carbocycles. The fourth-order valence-electron chi connectivity index (χ4n) is 3.73. The highest BCUT2D eigenvalue weighted by atomic mass is 19.4. The third-order valence-electron chi connectivity index (χ3n) is 5.56. The molecule has 9 nitrogen and oxygen atoms in total. The molecule has 202 valence electrons. The number of aromatic nitrogens is 3. The molecule has 3 N–H and O–H groups in total. The molecule has 0 atom stereocenters. The Kier molecular flexibility index (Phi) is 7.46. The van der Waals surface area contributed by atoms with Gasteiger partial charge in [-0.15, -0.1) is 0 Å². The van der Waals surface area contributed by atoms with E-state index in [9.17, 15) is 31.1 Å². The van der Waals surface area contributed by atoms with Crippen LogP contribution in [0.15, 0.2) is 48.8 Å². The molecular formula is C23H21F6N7O2. The molecule has 2 aromatic heterocycles. The largest absolute Gasteiger partial charge is 0.483 e. The molecule has 1 aromatic carbocycles. The van der Waals surface area contributed by atoms with E-state index in [-0.39, 0.29) is 44.8 Å². The Bertz CT molecular complexity index is 1260. The zero-order chi connectivity index (χ0) is 27.5. The number of carbonyl (C=O) groups excluding carboxylic acids is 1. The zero-order valence-electron chi connectivity index (χ0n) is 19.6. The van der Waals surface area contributed by atoms with Crippen LogP contribution in [0.2, 0.25) is 0 Å². The Balaban J connectivity index is 1.40. The van der Waals surface area contributed by atoms with E-state index in [4.69, 9.17) is 10.5 Å². The van der Waals surface area contributed by atoms with Gasteiger partial charge in [0.2, 0.25) is 5.95 Å². The standard InChI is InChI=1S/C23H21F6N7O2/c24-22(25,26)14-10-15(23(27,28)29)12-17(11-14)34-21(37)36-8-6-35(7-9-36)19-18(2-1-4-31-19)38-13-16-3-5-32-20(30)33-16/h1-5,10-12H,6-9,13H2,(H,34,37)(H2,30,32,33). The third-order valence-corrected chi connectivity index (χ3v) is 5.56. The van der Waals surface area contributed by atoms with Crippen LogP contribution in [0.4, 0.5) is 48.6 Å². The summed E-state index contributed by atoms with van der Waals surface area (Å²) in [5, 5.41) is 2.15. The van der Waals surface area contributed by atoms with Crippen molar-refractivity contribution in [1.82, 2.24) is 19.9 Å². The van der Waals surface area contributed by atoms with Gasteiger partial charge in [0.05, 0.1) is 16.8 Å². The van der Waals surface area contributed by atoms with Crippen molar-refractivity contribution in [1.29, 1.82) is 0 Å². The topological polar surface area (TPSA) is 109 Å². The van der Waals surface area contributed by atoms with Crippen molar-refractivity contribution in [2.45, 2.75) is 19.0 Å². The highest BCUT2D eigenvalue weighted by Crippen LogP contribution is 2.37. The van der Waals surface area contributed by atoms with Gasteiger partial charge in [-0.1, -0.05) is 0 Å². The zero-order valence-corrected chi connectivity index (χ0v) is 19.6. The van der Waals surface area contributed by atoms with Gasteiger partial charge < -0.3 is 25.6 Å². The van der Waals surface area contributed by atoms with Crippen LogP contribution in [0, 0.1) is 0 Å². The van der Waals surface area contributed by atoms with Crippen molar-refractivity contribution in [2.75, 3.05) is 42.1 Å². The number of benzene rings is 1. The maximum absolute atomic E-state index is 13.1. The van der Waals surface area contributed by atoms with Crippen molar-refractivity contribution >= 4 is 23.5 Å². The average molecular weight is 541 g/mol. The number of amides is 2. The van der Waals surface area contributed by atoms with Crippen LogP contribution < -0.4 is 20.7 Å². The maximum atomic E-state index is 13.1. The molecule has 3 heterocycles. The molecule has 0 radical (unpaired) electrons. The monoisotopic (exact) mass is 541 g/mol. The average Bonchev–Trinajstić information content (AvgIpc) is 2.86. The Morgan fingerprint density at radius 2 is 1.61 bits per heavy atom. The van der Waals surface area contributed by atoms with Gasteiger partial charge in [0.15, 0.2) is 11.6 Å². The van der Waals surface area contributed by atoms with E-state index in [0.29, 0.717) is 29.4 Å². The van der Waals surface area contributed by atoms with E-state index in [2.05, 4.69) is 20.3 Å². The highest BCUT2D eigenvalue weighted by Gasteiger charge is 2.37. The quantitative estimate of drug-likeness (QED) is 0.460. The second kappa shape index (κ2) is 10.6. The summed E-state index contributed by atoms with van der Waals surface area (Å²) in [5.74, 6) is 1.06. The number of ether oxygens (including phenoxy) is 1. The molecule has 4 rings (SSSR count). The minimum Gasteiger partial charge on any atom is -0.483 e. The van der Waals surface area contributed by atoms with Crippen molar-refractivity contribution in [3.63, 3.8) is 0 Å². The van der Waals surface area contributed by atoms with E-state index in [1.165, 1.54) is 11.1 Å². The number of nitrogens with two attached hydrogens (primary N) is 1. The molecule has 15 heteroatoms. The van der Waals surface area contributed by atoms with Crippen molar-refractivity contribution in [3.05, 3.63) is 65.6 Å². The van der Waals surface area contributed by atoms with Crippen LogP contribution in [0.3, 0.4) is 0 Å². The number of nitrogens with zero attached hydrogens (tertiary/aromatic N) is 5. The number of urea groups is 1. The van der Waals surface area contributed by atoms with Crippen LogP contribution in [-0.4, -0.2) is 52.1 Å². The summed E-state index contributed by atoms with van der Waals surface area (Å²) >= 11 is 0. The molecule has 0 saturated carbocycles. The molecule has 0 unspecified atom stereocenters. The number of anilines is 3. The molecule has 1 aliphatic rings. The first kappa shape index (κ1) is 26.8. The number of halogens is 6. The van der Waals surface area contributed by atoms with Crippen LogP contribution in [0.5, 0.6) is 5.75 Å². The summed E-state index contributed by atoms with van der Waals surface area (Å²) in [5.41, 5.74) is 2.50. The van der Waals surface area contributed by atoms with Gasteiger partial charge >= 0.3 is 18.4 Å². The Morgan fingerprint density at radius 3 is 2.21 bits per heavy atom. The summed E-state index contributed by atoms with van der Waals surface area (Å²) in [6, 6.07) is 5.14. The predicted octanol–water partition coefficient (Wildman–Crippen LogP) is 4.42. The molecule has 1 fully saturated rings. The van der Waals surface area contributed by atoms with Crippen LogP contribution >= 0.6 is 0 Å². The number of pyridine rings is 1. The van der Waals surface area contributed by atoms with Gasteiger partial charge in [0, 0.05) is 44.3 Å². The maximum Gasteiger partial charge on any atom is 0.416 e. The van der Waals surface area contributed by atoms with Gasteiger partial charge in [-0.2, -0.15) is 26.3 Å². The van der Waals surface area contributed by atoms with Gasteiger partial charge in [0.1, 0.15) is 6.61 Å². The number of carbonyl (C=O) groups is 1. The van der Waals surface area contributed by atoms with E-state index in [0.717, 1.165) is 0 Å². The van der Waals surface area contributed by atoms with E-state index in [1.54, 1.807) is 24.4 Å². The Morgan fingerprint density at radius 1 is 0.947 bits per heavy atom. The molecule has 1 aliphatic heterocycles. The first-order valence-corrected chi connectivity index (χ1v) is 11.2. The van der Waals surface area contributed by atoms with Crippen LogP contribution in [0.25, 0.3) is 0 Å². The third kappa shape index (κ3) is 6.52. The number of hydrogen-bond acceptors (Lipinski definition) is 7. The van der Waals surface area contributed by atoms with Gasteiger partial charge in [-0.05, 0) is 36.4 Å². The number of hydrogen-bond donors (Lipinski definition) is 2. The van der Waals surface area contributed by atoms with E-state index in [1.807, 2.05) is 4.90 Å². The first-order valence-electron chi connectivity index (χ1n) is 11.2. The summed E-state index contributed by atoms with van der Waals surface area (Å²) in [6.45, 7) is 0.949. The Labute approximate surface area is 212 Å². The lowest BCUT2D eigenvalue weighted by Gasteiger charge is -2.35. The van der Waals surface area contributed by atoms with Crippen molar-refractivity contribution < 1.29 is 35.9 Å². The van der Waals surface area contributed by atoms with Crippen molar-refractivity contribution in [3.8, 4) is 5.75 Å². The molecule has 1 saturated heterocycles. The number of rotatable bonds is 5. The van der Waals surface area contributed by atoms with Gasteiger partial charge in [-0.25, -0.2) is 19.7 Å². The minimum absolute atomic E-state index is 0.000626. The summed E-state index contributed by atoms with van der Waals surface area (Å²) in [7, 11) is 0. The molecule has 0 bridgehead atoms. The van der Waals surface area contributed by atoms with Crippen molar-refractivity contribution in [2.24, 2.45) is 0 Å². The fraction of sp³-hybridized carbons (Fsp3) is 0.304. The van der Waals surface area contributed by atoms with E-state index < -0.39 is 35.2 Å². The molecule has 3 aromatic rings. The van der Waals surface area contributed by atoms with Gasteiger partial charge in [-0.3, -0.25) is 0 Å². The predicted molar refractivity (Wildman–Crippen MR) is 124 cm³/mol. The van der Waals surface area contributed by atoms with Crippen LogP contribution in [0.1, 0.15) is 16.8 Å². The lowest BCUT2D eigenvalue weighted by atomic mass is 10.1. The lowest BCUT2D eigenvalue weighted by Crippen LogP contribution is -2.50. The number of piperazine rings is 1. The molecule has 38 heavy (non-hydrogen) atoms. The fourth-order valence-corrected chi connectivity index (χ4v) is 3.73. The lowest BCUT2D eigenvalue weighted by molar-refractivity contribution is -0.143. The first-order chi connectivity index (χ1) is 17.9. The summed E-state index contributed by atoms with van der Waals surface area (Å²) in [6.07, 6.45) is -6.97. The molecule has 0 spiro atoms. The number of nitrogen functional groups attached to an aromatic ring is 1. The van der Waals surface area contributed by atoms with E-state index >= 15 is 0 Å². The second-order valence-corrected chi connectivity index (χ2v) is 8.22. The number of nitrogens with one attached hydrogen (secondary N) is 1. The Hall–Kier alpha value is -4.30. The smallest absolute Gasteiger partial charge is 0.416 e. The van der Waals surface area contributed by atoms with Crippen LogP contribution in [-0.2, 0) is 19.0 Å². The molecule has 2 amide bonds. The van der Waals surface area contributed by atoms with Gasteiger partial charge in [0.25, 0.3) is 0 Å². The minimum atomic E-state index is -5.02. The second-order valence-electron chi connectivity index (χ2n) is 8.22. The number of alkyl halides is 6. The summed E-state index contributed by atoms with van der Waals surface area (Å²) < 4.78 is 84.5. The SMILES string of the molecule is Nc1nccc(COc2cccnc2N2CCN(C(=O)Nc3cc(C(F)(F)F)cc(C(F)(F)F)c3)CC2)n1. The molecular weight excluding hydrogens is 520 g/mol. The normalized spacial score (nSPS) is 14.4. The highest BCUT2D eigenvalue weighted by molar-refractivity contribution is 5.89. The summed E-state index contributed by atoms with van der Waals surface area (Å²) in [4.78, 5) is 28.0.